The second-order valence-corrected chi connectivity index (χ2v) is 6.73. The third kappa shape index (κ3) is 6.04. The van der Waals surface area contributed by atoms with Crippen LogP contribution in [0.25, 0.3) is 10.6 Å². The first-order valence-corrected chi connectivity index (χ1v) is 9.25. The van der Waals surface area contributed by atoms with E-state index in [-0.39, 0.29) is 22.8 Å². The molecule has 0 aliphatic rings. The minimum Gasteiger partial charge on any atom is -0.420 e. The number of rotatable bonds is 6. The molecule has 0 aliphatic carbocycles. The number of allylic oxidation sites excluding steroid dienone is 1. The summed E-state index contributed by atoms with van der Waals surface area (Å²) in [5.74, 6) is -1.30. The Kier molecular flexibility index (Phi) is 7.48. The zero-order valence-corrected chi connectivity index (χ0v) is 16.8. The van der Waals surface area contributed by atoms with Gasteiger partial charge in [-0.05, 0) is 23.6 Å². The number of nitro groups is 1. The molecule has 1 aromatic carbocycles. The number of hydrogen-bond acceptors (Lipinski definition) is 9. The Hall–Kier alpha value is -3.92. The van der Waals surface area contributed by atoms with Crippen LogP contribution in [0, 0.1) is 10.1 Å². The number of nitro benzene ring substituents is 1. The van der Waals surface area contributed by atoms with E-state index in [0.29, 0.717) is 5.76 Å². The number of Topliss-reactive ketones (excluding diaryl/α,β-unsaturated/α-hetero) is 2. The van der Waals surface area contributed by atoms with Gasteiger partial charge in [-0.25, -0.2) is 4.79 Å². The Bertz CT molecular complexity index is 1080. The summed E-state index contributed by atoms with van der Waals surface area (Å²) < 4.78 is 9.50. The van der Waals surface area contributed by atoms with Crippen molar-refractivity contribution in [2.75, 3.05) is 0 Å². The summed E-state index contributed by atoms with van der Waals surface area (Å²) in [5, 5.41) is 16.1. The number of benzene rings is 1. The number of thiophene rings is 1. The SMILES string of the molecule is C=C(OC(=O)c1ccc([N+](=O)[O-])cc1)C(C)=O.CC(=O)c1cc(-c2cccs2)no1. The maximum Gasteiger partial charge on any atom is 0.343 e. The van der Waals surface area contributed by atoms with Gasteiger partial charge in [0.05, 0.1) is 15.4 Å². The normalized spacial score (nSPS) is 9.80. The molecule has 0 unspecified atom stereocenters. The van der Waals surface area contributed by atoms with Crippen molar-refractivity contribution in [3.8, 4) is 10.6 Å². The topological polar surface area (TPSA) is 130 Å². The fraction of sp³-hybridized carbons (Fsp3) is 0.100. The second kappa shape index (κ2) is 10.0. The van der Waals surface area contributed by atoms with Crippen molar-refractivity contribution in [1.82, 2.24) is 5.16 Å². The van der Waals surface area contributed by atoms with E-state index in [1.807, 2.05) is 17.5 Å². The number of non-ortho nitro benzene ring substituents is 1. The first-order valence-electron chi connectivity index (χ1n) is 8.37. The molecule has 0 N–H and O–H groups in total. The lowest BCUT2D eigenvalue weighted by atomic mass is 10.2. The molecule has 0 bridgehead atoms. The Morgan fingerprint density at radius 1 is 1.17 bits per heavy atom. The fourth-order valence-corrected chi connectivity index (χ4v) is 2.62. The van der Waals surface area contributed by atoms with Gasteiger partial charge in [0.1, 0.15) is 5.69 Å². The molecule has 0 saturated carbocycles. The molecule has 9 nitrogen and oxygen atoms in total. The highest BCUT2D eigenvalue weighted by Gasteiger charge is 2.13. The summed E-state index contributed by atoms with van der Waals surface area (Å²) in [6.45, 7) is 5.94. The maximum absolute atomic E-state index is 11.4. The number of ether oxygens (including phenoxy) is 1. The summed E-state index contributed by atoms with van der Waals surface area (Å²) in [7, 11) is 0. The highest BCUT2D eigenvalue weighted by molar-refractivity contribution is 7.13. The third-order valence-electron chi connectivity index (χ3n) is 3.55. The Morgan fingerprint density at radius 3 is 2.30 bits per heavy atom. The number of hydrogen-bond donors (Lipinski definition) is 0. The van der Waals surface area contributed by atoms with Crippen LogP contribution in [-0.2, 0) is 9.53 Å². The molecule has 0 atom stereocenters. The summed E-state index contributed by atoms with van der Waals surface area (Å²) in [6, 6.07) is 10.4. The smallest absolute Gasteiger partial charge is 0.343 e. The number of nitrogens with zero attached hydrogens (tertiary/aromatic N) is 2. The van der Waals surface area contributed by atoms with Crippen molar-refractivity contribution in [1.29, 1.82) is 0 Å². The molecule has 0 amide bonds. The lowest BCUT2D eigenvalue weighted by Gasteiger charge is -2.03. The minimum absolute atomic E-state index is 0.102. The van der Waals surface area contributed by atoms with Crippen LogP contribution in [0.15, 0.2) is 64.7 Å². The maximum atomic E-state index is 11.4. The monoisotopic (exact) mass is 428 g/mol. The molecule has 0 saturated heterocycles. The van der Waals surface area contributed by atoms with Crippen molar-refractivity contribution in [2.45, 2.75) is 13.8 Å². The van der Waals surface area contributed by atoms with Crippen molar-refractivity contribution in [2.24, 2.45) is 0 Å². The van der Waals surface area contributed by atoms with Crippen LogP contribution in [-0.4, -0.2) is 27.6 Å². The zero-order chi connectivity index (χ0) is 22.3. The molecule has 2 heterocycles. The van der Waals surface area contributed by atoms with E-state index in [9.17, 15) is 24.5 Å². The largest absolute Gasteiger partial charge is 0.420 e. The molecule has 0 spiro atoms. The van der Waals surface area contributed by atoms with Crippen molar-refractivity contribution in [3.63, 3.8) is 0 Å². The average molecular weight is 428 g/mol. The quantitative estimate of drug-likeness (QED) is 0.140. The van der Waals surface area contributed by atoms with E-state index in [1.54, 1.807) is 17.4 Å². The van der Waals surface area contributed by atoms with E-state index in [4.69, 9.17) is 4.52 Å². The molecule has 0 radical (unpaired) electrons. The van der Waals surface area contributed by atoms with Gasteiger partial charge >= 0.3 is 5.97 Å². The molecular formula is C20H16N2O7S. The van der Waals surface area contributed by atoms with Crippen LogP contribution in [0.2, 0.25) is 0 Å². The number of aromatic nitrogens is 1. The van der Waals surface area contributed by atoms with E-state index < -0.39 is 16.7 Å². The van der Waals surface area contributed by atoms with Gasteiger partial charge in [-0.1, -0.05) is 17.8 Å². The van der Waals surface area contributed by atoms with Gasteiger partial charge in [-0.15, -0.1) is 11.3 Å². The van der Waals surface area contributed by atoms with Crippen LogP contribution in [0.4, 0.5) is 5.69 Å². The molecule has 30 heavy (non-hydrogen) atoms. The van der Waals surface area contributed by atoms with Gasteiger partial charge in [0.15, 0.2) is 17.3 Å². The standard InChI is InChI=1S/C11H9NO5.C9H7NO2S/c1-7(13)8(2)17-11(14)9-3-5-10(6-4-9)12(15)16;1-6(11)8-5-7(10-12-8)9-3-2-4-13-9/h3-6H,2H2,1H3;2-5H,1H3. The zero-order valence-electron chi connectivity index (χ0n) is 16.0. The highest BCUT2D eigenvalue weighted by Crippen LogP contribution is 2.24. The van der Waals surface area contributed by atoms with Crippen molar-refractivity contribution in [3.05, 3.63) is 81.6 Å². The number of carbonyl (C=O) groups is 3. The molecule has 2 aromatic heterocycles. The van der Waals surface area contributed by atoms with Crippen LogP contribution < -0.4 is 0 Å². The minimum atomic E-state index is -0.778. The molecule has 3 aromatic rings. The molecule has 0 aliphatic heterocycles. The van der Waals surface area contributed by atoms with Gasteiger partial charge in [-0.2, -0.15) is 0 Å². The van der Waals surface area contributed by atoms with Gasteiger partial charge in [0.25, 0.3) is 5.69 Å². The molecule has 154 valence electrons. The lowest BCUT2D eigenvalue weighted by Crippen LogP contribution is -2.08. The number of esters is 1. The lowest BCUT2D eigenvalue weighted by molar-refractivity contribution is -0.384. The van der Waals surface area contributed by atoms with Gasteiger partial charge < -0.3 is 9.26 Å². The van der Waals surface area contributed by atoms with E-state index in [0.717, 1.165) is 10.6 Å². The van der Waals surface area contributed by atoms with Gasteiger partial charge in [0.2, 0.25) is 5.76 Å². The summed E-state index contributed by atoms with van der Waals surface area (Å²) in [5.41, 5.74) is 0.699. The molecule has 10 heteroatoms. The number of carbonyl (C=O) groups excluding carboxylic acids is 3. The van der Waals surface area contributed by atoms with E-state index in [2.05, 4.69) is 16.5 Å². The highest BCUT2D eigenvalue weighted by atomic mass is 32.1. The molecule has 3 rings (SSSR count). The molecular weight excluding hydrogens is 412 g/mol. The van der Waals surface area contributed by atoms with Crippen LogP contribution >= 0.6 is 11.3 Å². The first-order chi connectivity index (χ1) is 14.2. The molecule has 0 fully saturated rings. The van der Waals surface area contributed by atoms with E-state index in [1.165, 1.54) is 38.1 Å². The Balaban J connectivity index is 0.000000220. The summed E-state index contributed by atoms with van der Waals surface area (Å²) in [6.07, 6.45) is 0. The van der Waals surface area contributed by atoms with Crippen molar-refractivity contribution < 1.29 is 28.6 Å². The third-order valence-corrected chi connectivity index (χ3v) is 4.45. The van der Waals surface area contributed by atoms with Gasteiger partial charge in [-0.3, -0.25) is 19.7 Å². The van der Waals surface area contributed by atoms with Crippen LogP contribution in [0.1, 0.15) is 34.8 Å². The Labute approximate surface area is 174 Å². The Morgan fingerprint density at radius 2 is 1.83 bits per heavy atom. The first kappa shape index (κ1) is 22.4. The van der Waals surface area contributed by atoms with Crippen molar-refractivity contribution >= 4 is 34.6 Å². The predicted molar refractivity (Wildman–Crippen MR) is 108 cm³/mol. The van der Waals surface area contributed by atoms with Gasteiger partial charge in [0, 0.05) is 32.0 Å². The fourth-order valence-electron chi connectivity index (χ4n) is 1.94. The average Bonchev–Trinajstić information content (AvgIpc) is 3.40. The van der Waals surface area contributed by atoms with Crippen LogP contribution in [0.5, 0.6) is 0 Å². The number of ketones is 2. The second-order valence-electron chi connectivity index (χ2n) is 5.78. The predicted octanol–water partition coefficient (Wildman–Crippen LogP) is 4.46. The van der Waals surface area contributed by atoms with Crippen LogP contribution in [0.3, 0.4) is 0 Å². The van der Waals surface area contributed by atoms with E-state index >= 15 is 0 Å². The summed E-state index contributed by atoms with van der Waals surface area (Å²) in [4.78, 5) is 43.9. The summed E-state index contributed by atoms with van der Waals surface area (Å²) >= 11 is 1.57.